The number of fused-ring (bicyclic) bond motifs is 1. The van der Waals surface area contributed by atoms with Crippen molar-refractivity contribution in [3.8, 4) is 23.0 Å². The van der Waals surface area contributed by atoms with E-state index in [-0.39, 0.29) is 19.3 Å². The summed E-state index contributed by atoms with van der Waals surface area (Å²) < 4.78 is 24.0. The third-order valence-electron chi connectivity index (χ3n) is 5.42. The van der Waals surface area contributed by atoms with Crippen molar-refractivity contribution in [2.45, 2.75) is 13.5 Å². The maximum Gasteiger partial charge on any atom is 0.270 e. The van der Waals surface area contributed by atoms with Crippen LogP contribution in [0.3, 0.4) is 0 Å². The van der Waals surface area contributed by atoms with Crippen molar-refractivity contribution >= 4 is 91.8 Å². The van der Waals surface area contributed by atoms with Crippen molar-refractivity contribution in [3.63, 3.8) is 0 Å². The Bertz CT molecular complexity index is 1450. The first-order valence-corrected chi connectivity index (χ1v) is 14.1. The molecule has 2 heterocycles. The van der Waals surface area contributed by atoms with Gasteiger partial charge in [-0.15, -0.1) is 0 Å². The molecule has 6 nitrogen and oxygen atoms in total. The Morgan fingerprint density at radius 3 is 2.70 bits per heavy atom. The van der Waals surface area contributed by atoms with Crippen LogP contribution >= 0.6 is 69.8 Å². The second-order valence-corrected chi connectivity index (χ2v) is 11.5. The van der Waals surface area contributed by atoms with Gasteiger partial charge >= 0.3 is 0 Å². The van der Waals surface area contributed by atoms with E-state index in [0.717, 1.165) is 14.7 Å². The minimum Gasteiger partial charge on any atom is -0.490 e. The Morgan fingerprint density at radius 2 is 1.92 bits per heavy atom. The highest BCUT2D eigenvalue weighted by atomic mass is 127. The molecule has 1 amide bonds. The number of hydrogen-bond acceptors (Lipinski definition) is 7. The number of benzene rings is 3. The minimum atomic E-state index is -0.209. The number of thioether (sulfide) groups is 1. The molecule has 0 atom stereocenters. The molecular weight excluding hydrogens is 668 g/mol. The first kappa shape index (κ1) is 26.4. The molecule has 5 rings (SSSR count). The molecule has 2 aliphatic rings. The maximum atomic E-state index is 13.3. The lowest BCUT2D eigenvalue weighted by Gasteiger charge is -2.16. The molecule has 3 aromatic rings. The summed E-state index contributed by atoms with van der Waals surface area (Å²) in [6.07, 6.45) is 1.80. The highest BCUT2D eigenvalue weighted by Gasteiger charge is 2.34. The fraction of sp³-hybridized carbons (Fsp3) is 0.154. The van der Waals surface area contributed by atoms with E-state index in [4.69, 9.17) is 54.4 Å². The van der Waals surface area contributed by atoms with Crippen LogP contribution in [0.25, 0.3) is 6.08 Å². The summed E-state index contributed by atoms with van der Waals surface area (Å²) in [5.41, 5.74) is 2.22. The van der Waals surface area contributed by atoms with Crippen LogP contribution < -0.4 is 23.8 Å². The number of halogens is 3. The normalized spacial score (nSPS) is 15.6. The molecule has 1 saturated heterocycles. The van der Waals surface area contributed by atoms with E-state index in [1.165, 1.54) is 16.7 Å². The Hall–Kier alpha value is -2.18. The van der Waals surface area contributed by atoms with Gasteiger partial charge in [0.25, 0.3) is 5.91 Å². The molecule has 3 aromatic carbocycles. The number of nitrogens with zero attached hydrogens (tertiary/aromatic N) is 1. The maximum absolute atomic E-state index is 13.3. The quantitative estimate of drug-likeness (QED) is 0.144. The zero-order valence-electron chi connectivity index (χ0n) is 19.3. The molecule has 0 bridgehead atoms. The Labute approximate surface area is 246 Å². The Kier molecular flexibility index (Phi) is 8.06. The molecule has 2 aliphatic heterocycles. The summed E-state index contributed by atoms with van der Waals surface area (Å²) in [7, 11) is 0. The van der Waals surface area contributed by atoms with Crippen LogP contribution in [0.4, 0.5) is 5.69 Å². The van der Waals surface area contributed by atoms with Gasteiger partial charge in [-0.3, -0.25) is 9.69 Å². The van der Waals surface area contributed by atoms with Crippen molar-refractivity contribution in [1.29, 1.82) is 0 Å². The smallest absolute Gasteiger partial charge is 0.270 e. The molecular formula is C26H18Cl2INO5S2. The number of hydrogen-bond donors (Lipinski definition) is 0. The van der Waals surface area contributed by atoms with Gasteiger partial charge in [0.05, 0.1) is 20.8 Å². The van der Waals surface area contributed by atoms with E-state index in [1.54, 1.807) is 36.4 Å². The summed E-state index contributed by atoms with van der Waals surface area (Å²) in [6.45, 7) is 2.75. The van der Waals surface area contributed by atoms with E-state index in [9.17, 15) is 4.79 Å². The summed E-state index contributed by atoms with van der Waals surface area (Å²) in [4.78, 5) is 15.3. The Balaban J connectivity index is 1.40. The standard InChI is InChI=1S/C26H18Cl2INO5S2/c1-2-32-22-8-14(7-19(29)24(22)33-12-15-3-4-16(27)10-18(15)28)9-23-25(31)30(26(36)37-23)17-5-6-20-21(11-17)35-13-34-20/h3-11H,2,12-13H2,1H3/b23-9+. The van der Waals surface area contributed by atoms with E-state index in [2.05, 4.69) is 22.6 Å². The van der Waals surface area contributed by atoms with Crippen LogP contribution in [-0.4, -0.2) is 23.6 Å². The van der Waals surface area contributed by atoms with Crippen molar-refractivity contribution in [3.05, 3.63) is 78.2 Å². The first-order chi connectivity index (χ1) is 17.8. The fourth-order valence-electron chi connectivity index (χ4n) is 3.73. The lowest BCUT2D eigenvalue weighted by atomic mass is 10.1. The predicted molar refractivity (Wildman–Crippen MR) is 159 cm³/mol. The van der Waals surface area contributed by atoms with Crippen LogP contribution in [0.1, 0.15) is 18.1 Å². The predicted octanol–water partition coefficient (Wildman–Crippen LogP) is 7.71. The molecule has 0 unspecified atom stereocenters. The SMILES string of the molecule is CCOc1cc(/C=C2/SC(=S)N(c3ccc4c(c3)OCO4)C2=O)cc(I)c1OCc1ccc(Cl)cc1Cl. The second-order valence-electron chi connectivity index (χ2n) is 7.84. The lowest BCUT2D eigenvalue weighted by molar-refractivity contribution is -0.113. The van der Waals surface area contributed by atoms with E-state index in [0.29, 0.717) is 54.6 Å². The number of ether oxygens (including phenoxy) is 4. The molecule has 0 saturated carbocycles. The van der Waals surface area contributed by atoms with E-state index >= 15 is 0 Å². The summed E-state index contributed by atoms with van der Waals surface area (Å²) in [5, 5.41) is 1.09. The van der Waals surface area contributed by atoms with Gasteiger partial charge in [-0.25, -0.2) is 0 Å². The summed E-state index contributed by atoms with van der Waals surface area (Å²) in [5.74, 6) is 2.18. The number of anilines is 1. The van der Waals surface area contributed by atoms with Crippen molar-refractivity contribution in [1.82, 2.24) is 0 Å². The number of amides is 1. The van der Waals surface area contributed by atoms with Gasteiger partial charge in [0.1, 0.15) is 6.61 Å². The third-order valence-corrected chi connectivity index (χ3v) is 8.12. The second kappa shape index (κ2) is 11.3. The van der Waals surface area contributed by atoms with Crippen molar-refractivity contribution in [2.75, 3.05) is 18.3 Å². The molecule has 0 aliphatic carbocycles. The van der Waals surface area contributed by atoms with Crippen LogP contribution in [0.15, 0.2) is 53.4 Å². The molecule has 0 N–H and O–H groups in total. The van der Waals surface area contributed by atoms with Gasteiger partial charge in [-0.05, 0) is 77.6 Å². The van der Waals surface area contributed by atoms with Crippen LogP contribution in [-0.2, 0) is 11.4 Å². The van der Waals surface area contributed by atoms with Crippen molar-refractivity contribution in [2.24, 2.45) is 0 Å². The van der Waals surface area contributed by atoms with E-state index in [1.807, 2.05) is 25.1 Å². The number of carbonyl (C=O) groups excluding carboxylic acids is 1. The molecule has 1 fully saturated rings. The molecule has 11 heteroatoms. The van der Waals surface area contributed by atoms with Gasteiger partial charge in [-0.2, -0.15) is 0 Å². The van der Waals surface area contributed by atoms with Crippen LogP contribution in [0.5, 0.6) is 23.0 Å². The summed E-state index contributed by atoms with van der Waals surface area (Å²) in [6, 6.07) is 14.4. The van der Waals surface area contributed by atoms with Crippen molar-refractivity contribution < 1.29 is 23.7 Å². The zero-order valence-corrected chi connectivity index (χ0v) is 24.6. The van der Waals surface area contributed by atoms with Gasteiger partial charge in [0.2, 0.25) is 6.79 Å². The molecule has 0 spiro atoms. The highest BCUT2D eigenvalue weighted by molar-refractivity contribution is 14.1. The number of thiocarbonyl (C=S) groups is 1. The lowest BCUT2D eigenvalue weighted by Crippen LogP contribution is -2.27. The third kappa shape index (κ3) is 5.65. The van der Waals surface area contributed by atoms with Gasteiger partial charge in [0, 0.05) is 21.7 Å². The van der Waals surface area contributed by atoms with E-state index < -0.39 is 0 Å². The molecule has 0 radical (unpaired) electrons. The largest absolute Gasteiger partial charge is 0.490 e. The van der Waals surface area contributed by atoms with Crippen LogP contribution in [0, 0.1) is 3.57 Å². The number of rotatable bonds is 7. The topological polar surface area (TPSA) is 57.2 Å². The van der Waals surface area contributed by atoms with Gasteiger partial charge in [-0.1, -0.05) is 53.2 Å². The minimum absolute atomic E-state index is 0.157. The molecule has 0 aromatic heterocycles. The Morgan fingerprint density at radius 1 is 1.11 bits per heavy atom. The first-order valence-electron chi connectivity index (χ1n) is 11.0. The highest BCUT2D eigenvalue weighted by Crippen LogP contribution is 2.42. The average Bonchev–Trinajstić information content (AvgIpc) is 3.43. The van der Waals surface area contributed by atoms with Gasteiger partial charge in [0.15, 0.2) is 27.3 Å². The zero-order chi connectivity index (χ0) is 26.1. The van der Waals surface area contributed by atoms with Gasteiger partial charge < -0.3 is 18.9 Å². The fourth-order valence-corrected chi connectivity index (χ4v) is 6.27. The monoisotopic (exact) mass is 685 g/mol. The van der Waals surface area contributed by atoms with Crippen LogP contribution in [0.2, 0.25) is 10.0 Å². The average molecular weight is 686 g/mol. The molecule has 190 valence electrons. The summed E-state index contributed by atoms with van der Waals surface area (Å²) >= 11 is 21.3. The molecule has 37 heavy (non-hydrogen) atoms. The number of carbonyl (C=O) groups is 1.